The molecule has 0 saturated carbocycles. The van der Waals surface area contributed by atoms with Gasteiger partial charge in [-0.3, -0.25) is 4.98 Å². The van der Waals surface area contributed by atoms with Crippen LogP contribution in [0.5, 0.6) is 0 Å². The number of benzene rings is 8. The number of aromatic nitrogens is 1. The summed E-state index contributed by atoms with van der Waals surface area (Å²) in [6.45, 7) is 0. The molecule has 0 fully saturated rings. The van der Waals surface area contributed by atoms with E-state index in [0.717, 1.165) is 5.39 Å². The van der Waals surface area contributed by atoms with Crippen LogP contribution in [0.25, 0.3) is 88.0 Å². The third kappa shape index (κ3) is 4.85. The van der Waals surface area contributed by atoms with Gasteiger partial charge in [-0.25, -0.2) is 0 Å². The first kappa shape index (κ1) is 28.0. The first-order chi connectivity index (χ1) is 23.8. The van der Waals surface area contributed by atoms with Gasteiger partial charge in [0, 0.05) is 17.8 Å². The molecule has 0 aliphatic carbocycles. The first-order valence-corrected chi connectivity index (χ1v) is 16.5. The van der Waals surface area contributed by atoms with Gasteiger partial charge in [-0.05, 0) is 94.7 Å². The van der Waals surface area contributed by atoms with Crippen LogP contribution in [0, 0.1) is 0 Å². The fraction of sp³-hybridized carbons (Fsp3) is 0. The van der Waals surface area contributed by atoms with Crippen LogP contribution in [0.2, 0.25) is 0 Å². The van der Waals surface area contributed by atoms with Crippen molar-refractivity contribution in [2.75, 3.05) is 0 Å². The topological polar surface area (TPSA) is 12.9 Å². The second-order valence-electron chi connectivity index (χ2n) is 12.3. The van der Waals surface area contributed by atoms with Crippen LogP contribution in [0.4, 0.5) is 0 Å². The van der Waals surface area contributed by atoms with Crippen molar-refractivity contribution in [3.8, 4) is 55.6 Å². The van der Waals surface area contributed by atoms with Crippen LogP contribution in [-0.4, -0.2) is 4.98 Å². The monoisotopic (exact) mass is 609 g/mol. The molecule has 0 spiro atoms. The van der Waals surface area contributed by atoms with E-state index in [1.54, 1.807) is 0 Å². The van der Waals surface area contributed by atoms with E-state index in [2.05, 4.69) is 181 Å². The lowest BCUT2D eigenvalue weighted by Crippen LogP contribution is -1.93. The average Bonchev–Trinajstić information content (AvgIpc) is 3.17. The van der Waals surface area contributed by atoms with Gasteiger partial charge in [0.25, 0.3) is 0 Å². The minimum Gasteiger partial charge on any atom is -0.264 e. The van der Waals surface area contributed by atoms with E-state index < -0.39 is 0 Å². The van der Waals surface area contributed by atoms with E-state index >= 15 is 0 Å². The molecule has 0 aliphatic rings. The predicted molar refractivity (Wildman–Crippen MR) is 204 cm³/mol. The Balaban J connectivity index is 1.31. The minimum absolute atomic E-state index is 1.15. The summed E-state index contributed by atoms with van der Waals surface area (Å²) in [6.07, 6.45) is 3.96. The molecule has 1 heteroatoms. The highest BCUT2D eigenvalue weighted by molar-refractivity contribution is 6.22. The second kappa shape index (κ2) is 11.8. The summed E-state index contributed by atoms with van der Waals surface area (Å²) < 4.78 is 0. The lowest BCUT2D eigenvalue weighted by Gasteiger charge is -2.19. The van der Waals surface area contributed by atoms with Gasteiger partial charge in [0.05, 0.1) is 0 Å². The van der Waals surface area contributed by atoms with Crippen molar-refractivity contribution in [1.29, 1.82) is 0 Å². The van der Waals surface area contributed by atoms with E-state index in [0.29, 0.717) is 0 Å². The molecule has 0 atom stereocenters. The van der Waals surface area contributed by atoms with E-state index in [-0.39, 0.29) is 0 Å². The lowest BCUT2D eigenvalue weighted by atomic mass is 9.84. The zero-order valence-corrected chi connectivity index (χ0v) is 26.3. The standard InChI is InChI=1S/C47H31N/c1-3-10-32(11-4-1)34-18-22-37(23-19-34)46-43-28-29-48-31-45(43)47(38-24-20-35(21-25-38)33-12-5-2-6-13-33)42-27-26-39(30-44(42)46)41-17-9-15-36-14-7-8-16-40(36)41/h1-31H. The van der Waals surface area contributed by atoms with Crippen LogP contribution in [-0.2, 0) is 0 Å². The number of nitrogens with zero attached hydrogens (tertiary/aromatic N) is 1. The van der Waals surface area contributed by atoms with E-state index in [1.165, 1.54) is 82.6 Å². The van der Waals surface area contributed by atoms with Gasteiger partial charge in [-0.1, -0.05) is 164 Å². The summed E-state index contributed by atoms with van der Waals surface area (Å²) in [5.41, 5.74) is 12.1. The lowest BCUT2D eigenvalue weighted by molar-refractivity contribution is 1.37. The van der Waals surface area contributed by atoms with E-state index in [1.807, 2.05) is 12.4 Å². The van der Waals surface area contributed by atoms with Crippen molar-refractivity contribution < 1.29 is 0 Å². The summed E-state index contributed by atoms with van der Waals surface area (Å²) in [4.78, 5) is 4.66. The van der Waals surface area contributed by atoms with Gasteiger partial charge < -0.3 is 0 Å². The Hall–Kier alpha value is -6.31. The Morgan fingerprint density at radius 2 is 0.792 bits per heavy atom. The Kier molecular flexibility index (Phi) is 6.87. The van der Waals surface area contributed by atoms with Gasteiger partial charge in [0.1, 0.15) is 0 Å². The first-order valence-electron chi connectivity index (χ1n) is 16.5. The fourth-order valence-corrected chi connectivity index (χ4v) is 7.26. The number of rotatable bonds is 5. The number of pyridine rings is 1. The number of hydrogen-bond acceptors (Lipinski definition) is 1. The Morgan fingerprint density at radius 3 is 1.46 bits per heavy atom. The van der Waals surface area contributed by atoms with Crippen LogP contribution in [0.15, 0.2) is 188 Å². The largest absolute Gasteiger partial charge is 0.264 e. The van der Waals surface area contributed by atoms with Crippen molar-refractivity contribution >= 4 is 32.3 Å². The van der Waals surface area contributed by atoms with Crippen molar-refractivity contribution in [1.82, 2.24) is 4.98 Å². The van der Waals surface area contributed by atoms with E-state index in [9.17, 15) is 0 Å². The Bertz CT molecular complexity index is 2560. The molecule has 0 saturated heterocycles. The van der Waals surface area contributed by atoms with Crippen LogP contribution in [0.1, 0.15) is 0 Å². The van der Waals surface area contributed by atoms with Crippen molar-refractivity contribution in [2.45, 2.75) is 0 Å². The highest BCUT2D eigenvalue weighted by atomic mass is 14.6. The molecule has 1 heterocycles. The highest BCUT2D eigenvalue weighted by Crippen LogP contribution is 2.45. The average molecular weight is 610 g/mol. The summed E-state index contributed by atoms with van der Waals surface area (Å²) in [5.74, 6) is 0. The predicted octanol–water partition coefficient (Wildman–Crippen LogP) is 12.9. The molecule has 0 radical (unpaired) electrons. The maximum atomic E-state index is 4.66. The summed E-state index contributed by atoms with van der Waals surface area (Å²) in [6, 6.07) is 63.6. The normalized spacial score (nSPS) is 11.3. The molecule has 9 rings (SSSR count). The van der Waals surface area contributed by atoms with Crippen LogP contribution < -0.4 is 0 Å². The molecule has 9 aromatic rings. The Labute approximate surface area is 280 Å². The summed E-state index contributed by atoms with van der Waals surface area (Å²) >= 11 is 0. The number of hydrogen-bond donors (Lipinski definition) is 0. The molecule has 0 amide bonds. The highest BCUT2D eigenvalue weighted by Gasteiger charge is 2.18. The molecular weight excluding hydrogens is 579 g/mol. The SMILES string of the molecule is c1ccc(-c2ccc(-c3c4ccc(-c5cccc6ccccc56)cc4c(-c4ccc(-c5ccccc5)cc4)c4ccncc34)cc2)cc1. The van der Waals surface area contributed by atoms with Gasteiger partial charge in [0.2, 0.25) is 0 Å². The molecule has 0 bridgehead atoms. The molecule has 224 valence electrons. The second-order valence-corrected chi connectivity index (χ2v) is 12.3. The molecule has 0 aliphatic heterocycles. The van der Waals surface area contributed by atoms with Gasteiger partial charge in [0.15, 0.2) is 0 Å². The molecule has 0 unspecified atom stereocenters. The van der Waals surface area contributed by atoms with Crippen LogP contribution >= 0.6 is 0 Å². The quantitative estimate of drug-likeness (QED) is 0.177. The smallest absolute Gasteiger partial charge is 0.0353 e. The summed E-state index contributed by atoms with van der Waals surface area (Å²) in [5, 5.41) is 7.30. The summed E-state index contributed by atoms with van der Waals surface area (Å²) in [7, 11) is 0. The molecule has 48 heavy (non-hydrogen) atoms. The van der Waals surface area contributed by atoms with Gasteiger partial charge in [-0.15, -0.1) is 0 Å². The van der Waals surface area contributed by atoms with Gasteiger partial charge in [-0.2, -0.15) is 0 Å². The van der Waals surface area contributed by atoms with Gasteiger partial charge >= 0.3 is 0 Å². The Morgan fingerprint density at radius 1 is 0.292 bits per heavy atom. The molecule has 0 N–H and O–H groups in total. The maximum absolute atomic E-state index is 4.66. The van der Waals surface area contributed by atoms with Crippen molar-refractivity contribution in [3.05, 3.63) is 188 Å². The minimum atomic E-state index is 1.15. The molecule has 1 nitrogen and oxygen atoms in total. The zero-order valence-electron chi connectivity index (χ0n) is 26.3. The third-order valence-electron chi connectivity index (χ3n) is 9.58. The van der Waals surface area contributed by atoms with Crippen molar-refractivity contribution in [3.63, 3.8) is 0 Å². The fourth-order valence-electron chi connectivity index (χ4n) is 7.26. The zero-order chi connectivity index (χ0) is 31.9. The third-order valence-corrected chi connectivity index (χ3v) is 9.58. The molecule has 8 aromatic carbocycles. The van der Waals surface area contributed by atoms with Crippen molar-refractivity contribution in [2.24, 2.45) is 0 Å². The van der Waals surface area contributed by atoms with Crippen LogP contribution in [0.3, 0.4) is 0 Å². The van der Waals surface area contributed by atoms with E-state index in [4.69, 9.17) is 0 Å². The molecular formula is C47H31N. The molecule has 1 aromatic heterocycles. The number of fused-ring (bicyclic) bond motifs is 3. The maximum Gasteiger partial charge on any atom is 0.0353 e.